The van der Waals surface area contributed by atoms with Crippen LogP contribution in [0.3, 0.4) is 0 Å². The van der Waals surface area contributed by atoms with Gasteiger partial charge >= 0.3 is 11.9 Å². The maximum atomic E-state index is 12.0. The van der Waals surface area contributed by atoms with Crippen LogP contribution >= 0.6 is 11.8 Å². The van der Waals surface area contributed by atoms with Crippen molar-refractivity contribution in [3.05, 3.63) is 24.3 Å². The van der Waals surface area contributed by atoms with Crippen molar-refractivity contribution in [2.45, 2.75) is 161 Å². The summed E-state index contributed by atoms with van der Waals surface area (Å²) < 4.78 is 10.7. The molecule has 0 unspecified atom stereocenters. The molecule has 1 atom stereocenters. The van der Waals surface area contributed by atoms with Gasteiger partial charge in [0.1, 0.15) is 13.2 Å². The number of esters is 2. The quantitative estimate of drug-likeness (QED) is 0.0306. The number of carbonyl (C=O) groups excluding carboxylic acids is 2. The second-order valence-electron chi connectivity index (χ2n) is 13.1. The van der Waals surface area contributed by atoms with E-state index in [1.807, 2.05) is 12.2 Å². The number of hydrogen-bond donors (Lipinski definition) is 1. The van der Waals surface area contributed by atoms with Gasteiger partial charge in [-0.05, 0) is 65.5 Å². The molecule has 0 saturated carbocycles. The highest BCUT2D eigenvalue weighted by molar-refractivity contribution is 7.99. The predicted molar refractivity (Wildman–Crippen MR) is 202 cm³/mol. The highest BCUT2D eigenvalue weighted by Crippen LogP contribution is 2.17. The summed E-state index contributed by atoms with van der Waals surface area (Å²) in [6.45, 7) is 7.95. The molecule has 0 aliphatic heterocycles. The molecule has 0 aromatic heterocycles. The third-order valence-corrected chi connectivity index (χ3v) is 9.25. The first kappa shape index (κ1) is 45.6. The predicted octanol–water partition coefficient (Wildman–Crippen LogP) is 9.68. The van der Waals surface area contributed by atoms with Gasteiger partial charge in [0.2, 0.25) is 0 Å². The number of aliphatic hydroxyl groups excluding tert-OH is 1. The molecule has 0 fully saturated rings. The molecule has 0 aliphatic rings. The fraction of sp³-hybridized carbons (Fsp3) is 0.846. The molecular formula is C39H74N2O5S. The number of rotatable bonds is 35. The number of thioether (sulfide) groups is 1. The number of hydrogen-bond acceptors (Lipinski definition) is 8. The van der Waals surface area contributed by atoms with Gasteiger partial charge in [0, 0.05) is 38.2 Å². The molecule has 0 radical (unpaired) electrons. The third kappa shape index (κ3) is 34.3. The van der Waals surface area contributed by atoms with Crippen LogP contribution in [0, 0.1) is 0 Å². The molecule has 0 aliphatic carbocycles. The van der Waals surface area contributed by atoms with Gasteiger partial charge in [-0.2, -0.15) is 0 Å². The lowest BCUT2D eigenvalue weighted by atomic mass is 10.1. The van der Waals surface area contributed by atoms with Gasteiger partial charge in [-0.15, -0.1) is 11.8 Å². The molecule has 276 valence electrons. The molecule has 0 saturated heterocycles. The summed E-state index contributed by atoms with van der Waals surface area (Å²) in [4.78, 5) is 28.3. The Kier molecular flexibility index (Phi) is 34.9. The summed E-state index contributed by atoms with van der Waals surface area (Å²) >= 11 is 1.62. The first-order chi connectivity index (χ1) is 22.9. The molecule has 47 heavy (non-hydrogen) atoms. The van der Waals surface area contributed by atoms with E-state index in [2.05, 4.69) is 49.9 Å². The minimum Gasteiger partial charge on any atom is -0.461 e. The highest BCUT2D eigenvalue weighted by atomic mass is 32.2. The molecule has 0 bridgehead atoms. The Morgan fingerprint density at radius 2 is 1.02 bits per heavy atom. The summed E-state index contributed by atoms with van der Waals surface area (Å²) in [5, 5.41) is 10.9. The first-order valence-corrected chi connectivity index (χ1v) is 20.2. The molecule has 0 rings (SSSR count). The molecule has 1 N–H and O–H groups in total. The lowest BCUT2D eigenvalue weighted by molar-refractivity contribution is -0.143. The van der Waals surface area contributed by atoms with Crippen LogP contribution in [0.5, 0.6) is 0 Å². The van der Waals surface area contributed by atoms with Crippen LogP contribution in [0.2, 0.25) is 0 Å². The van der Waals surface area contributed by atoms with Crippen molar-refractivity contribution in [2.75, 3.05) is 52.7 Å². The Balaban J connectivity index is 4.07. The van der Waals surface area contributed by atoms with Crippen LogP contribution in [0.25, 0.3) is 0 Å². The van der Waals surface area contributed by atoms with E-state index in [9.17, 15) is 14.7 Å². The van der Waals surface area contributed by atoms with E-state index in [4.69, 9.17) is 9.47 Å². The highest BCUT2D eigenvalue weighted by Gasteiger charge is 2.15. The smallest absolute Gasteiger partial charge is 0.306 e. The first-order valence-electron chi connectivity index (χ1n) is 19.2. The van der Waals surface area contributed by atoms with E-state index in [1.165, 1.54) is 51.4 Å². The van der Waals surface area contributed by atoms with E-state index < -0.39 is 5.56 Å². The Morgan fingerprint density at radius 1 is 0.596 bits per heavy atom. The minimum absolute atomic E-state index is 0.0964. The van der Waals surface area contributed by atoms with Crippen molar-refractivity contribution in [2.24, 2.45) is 0 Å². The van der Waals surface area contributed by atoms with E-state index in [-0.39, 0.29) is 11.9 Å². The molecule has 0 aromatic carbocycles. The zero-order valence-corrected chi connectivity index (χ0v) is 31.9. The zero-order chi connectivity index (χ0) is 34.6. The maximum Gasteiger partial charge on any atom is 0.306 e. The van der Waals surface area contributed by atoms with E-state index in [1.54, 1.807) is 11.8 Å². The van der Waals surface area contributed by atoms with Crippen LogP contribution in [0.15, 0.2) is 24.3 Å². The van der Waals surface area contributed by atoms with E-state index in [0.717, 1.165) is 102 Å². The summed E-state index contributed by atoms with van der Waals surface area (Å²) in [5.74, 6) is 0.710. The standard InChI is InChI=1S/C39H74N2O5S/c1-5-7-9-11-13-21-27-34-45-37(42)29-23-17-15-19-25-31-41(39(44)47-36-33-40(3)4)32-26-20-16-18-24-30-38(43)46-35-28-22-14-12-10-8-6-2/h21-22,27-28,39,44H,5-20,23-26,29-36H2,1-4H3/b27-21-,28-22-/t39-/m0/s1. The molecule has 0 heterocycles. The normalized spacial score (nSPS) is 12.6. The topological polar surface area (TPSA) is 79.3 Å². The summed E-state index contributed by atoms with van der Waals surface area (Å²) in [6, 6.07) is 0. The summed E-state index contributed by atoms with van der Waals surface area (Å²) in [6.07, 6.45) is 31.7. The van der Waals surface area contributed by atoms with E-state index >= 15 is 0 Å². The Bertz CT molecular complexity index is 710. The van der Waals surface area contributed by atoms with Crippen molar-refractivity contribution >= 4 is 23.7 Å². The van der Waals surface area contributed by atoms with Gasteiger partial charge in [-0.3, -0.25) is 14.5 Å². The molecule has 0 spiro atoms. The van der Waals surface area contributed by atoms with Crippen molar-refractivity contribution in [1.82, 2.24) is 9.80 Å². The monoisotopic (exact) mass is 683 g/mol. The van der Waals surface area contributed by atoms with Gasteiger partial charge in [0.25, 0.3) is 0 Å². The fourth-order valence-electron chi connectivity index (χ4n) is 5.18. The van der Waals surface area contributed by atoms with Crippen LogP contribution in [0.4, 0.5) is 0 Å². The third-order valence-electron chi connectivity index (χ3n) is 8.23. The number of aliphatic hydroxyl groups is 1. The molecule has 7 nitrogen and oxygen atoms in total. The molecule has 8 heteroatoms. The second kappa shape index (κ2) is 35.9. The lowest BCUT2D eigenvalue weighted by Crippen LogP contribution is -2.35. The number of nitrogens with zero attached hydrogens (tertiary/aromatic N) is 2. The van der Waals surface area contributed by atoms with Gasteiger partial charge in [0.15, 0.2) is 5.56 Å². The van der Waals surface area contributed by atoms with Crippen molar-refractivity contribution in [3.8, 4) is 0 Å². The average Bonchev–Trinajstić information content (AvgIpc) is 3.05. The maximum absolute atomic E-state index is 12.0. The van der Waals surface area contributed by atoms with Gasteiger partial charge in [0.05, 0.1) is 0 Å². The van der Waals surface area contributed by atoms with Crippen LogP contribution < -0.4 is 0 Å². The lowest BCUT2D eigenvalue weighted by Gasteiger charge is -2.28. The molecular weight excluding hydrogens is 609 g/mol. The zero-order valence-electron chi connectivity index (χ0n) is 31.1. The van der Waals surface area contributed by atoms with Crippen LogP contribution in [-0.2, 0) is 19.1 Å². The number of ether oxygens (including phenoxy) is 2. The average molecular weight is 683 g/mol. The van der Waals surface area contributed by atoms with Crippen molar-refractivity contribution in [1.29, 1.82) is 0 Å². The van der Waals surface area contributed by atoms with E-state index in [0.29, 0.717) is 26.1 Å². The van der Waals surface area contributed by atoms with Crippen molar-refractivity contribution < 1.29 is 24.2 Å². The summed E-state index contributed by atoms with van der Waals surface area (Å²) in [7, 11) is 4.12. The van der Waals surface area contributed by atoms with Crippen LogP contribution in [0.1, 0.15) is 155 Å². The van der Waals surface area contributed by atoms with Crippen molar-refractivity contribution in [3.63, 3.8) is 0 Å². The Labute approximate surface area is 294 Å². The molecule has 0 amide bonds. The van der Waals surface area contributed by atoms with Gasteiger partial charge < -0.3 is 19.5 Å². The fourth-order valence-corrected chi connectivity index (χ4v) is 6.29. The second-order valence-corrected chi connectivity index (χ2v) is 14.2. The minimum atomic E-state index is -0.477. The Hall–Kier alpha value is -1.35. The SMILES string of the molecule is CCCCCC/C=C\COC(=O)CCCCCCCN(CCCCCCCC(=O)OC/C=C\CCCCCC)[C@@H](O)SCCN(C)C. The number of carbonyl (C=O) groups is 2. The van der Waals surface area contributed by atoms with Gasteiger partial charge in [-0.25, -0.2) is 0 Å². The summed E-state index contributed by atoms with van der Waals surface area (Å²) in [5.41, 5.74) is -0.477. The number of allylic oxidation sites excluding steroid dienone is 2. The Morgan fingerprint density at radius 3 is 1.47 bits per heavy atom. The largest absolute Gasteiger partial charge is 0.461 e. The molecule has 0 aromatic rings. The van der Waals surface area contributed by atoms with Crippen LogP contribution in [-0.4, -0.2) is 85.1 Å². The number of unbranched alkanes of at least 4 members (excludes halogenated alkanes) is 16. The van der Waals surface area contributed by atoms with Gasteiger partial charge in [-0.1, -0.05) is 115 Å².